The van der Waals surface area contributed by atoms with Gasteiger partial charge in [-0.2, -0.15) is 0 Å². The van der Waals surface area contributed by atoms with Crippen LogP contribution >= 0.6 is 0 Å². The van der Waals surface area contributed by atoms with Crippen molar-refractivity contribution in [2.45, 2.75) is 26.4 Å². The maximum Gasteiger partial charge on any atom is 0.419 e. The summed E-state index contributed by atoms with van der Waals surface area (Å²) >= 11 is 0. The molecule has 1 fully saturated rings. The predicted octanol–water partition coefficient (Wildman–Crippen LogP) is 3.69. The molecule has 1 aliphatic heterocycles. The van der Waals surface area contributed by atoms with E-state index in [1.807, 2.05) is 51.1 Å². The Kier molecular flexibility index (Phi) is 5.23. The Bertz CT molecular complexity index is 1030. The third kappa shape index (κ3) is 3.82. The number of piperazine rings is 1. The average molecular weight is 396 g/mol. The molecule has 6 nitrogen and oxygen atoms in total. The predicted molar refractivity (Wildman–Crippen MR) is 117 cm³/mol. The van der Waals surface area contributed by atoms with Crippen LogP contribution in [0.15, 0.2) is 42.5 Å². The Balaban J connectivity index is 1.81. The van der Waals surface area contributed by atoms with Gasteiger partial charge in [0.2, 0.25) is 0 Å². The van der Waals surface area contributed by atoms with Gasteiger partial charge in [0.1, 0.15) is 5.60 Å². The quantitative estimate of drug-likeness (QED) is 0.733. The number of rotatable bonds is 3. The second kappa shape index (κ2) is 7.69. The Morgan fingerprint density at radius 1 is 1.00 bits per heavy atom. The maximum absolute atomic E-state index is 13.0. The number of hydrogen-bond acceptors (Lipinski definition) is 5. The van der Waals surface area contributed by atoms with Crippen LogP contribution in [-0.4, -0.2) is 65.6 Å². The number of β-amino-alcohol motifs (C(OH)–C–C–N with tert-alkyl or cyclic N) is 1. The van der Waals surface area contributed by atoms with Crippen molar-refractivity contribution in [1.29, 1.82) is 0 Å². The number of carbonyl (C=O) groups excluding carboxylic acids is 1. The van der Waals surface area contributed by atoms with Crippen LogP contribution in [0.4, 0.5) is 10.5 Å². The zero-order chi connectivity index (χ0) is 20.6. The van der Waals surface area contributed by atoms with Crippen LogP contribution in [0, 0.1) is 0 Å². The number of aromatic nitrogens is 1. The highest BCUT2D eigenvalue weighted by molar-refractivity contribution is 6.17. The van der Waals surface area contributed by atoms with Crippen molar-refractivity contribution in [2.24, 2.45) is 0 Å². The summed E-state index contributed by atoms with van der Waals surface area (Å²) in [4.78, 5) is 17.7. The maximum atomic E-state index is 13.0. The van der Waals surface area contributed by atoms with Crippen molar-refractivity contribution >= 4 is 33.6 Å². The Morgan fingerprint density at radius 2 is 1.69 bits per heavy atom. The summed E-state index contributed by atoms with van der Waals surface area (Å²) in [6.07, 6.45) is -0.353. The summed E-state index contributed by atoms with van der Waals surface area (Å²) in [6.45, 7) is 10.2. The monoisotopic (exact) mass is 395 g/mol. The molecule has 2 aromatic carbocycles. The van der Waals surface area contributed by atoms with Crippen LogP contribution in [0.2, 0.25) is 0 Å². The lowest BCUT2D eigenvalue weighted by atomic mass is 10.1. The third-order valence-corrected chi connectivity index (χ3v) is 5.38. The molecule has 0 amide bonds. The molecule has 3 aromatic rings. The first kappa shape index (κ1) is 19.7. The molecule has 0 aliphatic carbocycles. The zero-order valence-corrected chi connectivity index (χ0v) is 17.4. The molecule has 0 atom stereocenters. The van der Waals surface area contributed by atoms with Crippen molar-refractivity contribution in [3.8, 4) is 0 Å². The molecule has 0 bridgehead atoms. The smallest absolute Gasteiger partial charge is 0.419 e. The number of aliphatic hydroxyl groups excluding tert-OH is 1. The fraction of sp³-hybridized carbons (Fsp3) is 0.435. The van der Waals surface area contributed by atoms with Gasteiger partial charge in [0.15, 0.2) is 0 Å². The molecule has 1 aromatic heterocycles. The highest BCUT2D eigenvalue weighted by Gasteiger charge is 2.25. The Labute approximate surface area is 171 Å². The number of anilines is 1. The van der Waals surface area contributed by atoms with Crippen molar-refractivity contribution in [3.05, 3.63) is 42.5 Å². The lowest BCUT2D eigenvalue weighted by Crippen LogP contribution is -2.47. The van der Waals surface area contributed by atoms with E-state index in [1.54, 1.807) is 4.57 Å². The molecule has 1 N–H and O–H groups in total. The van der Waals surface area contributed by atoms with Crippen LogP contribution in [0.1, 0.15) is 20.8 Å². The molecule has 4 rings (SSSR count). The molecule has 0 spiro atoms. The first-order valence-corrected chi connectivity index (χ1v) is 10.2. The lowest BCUT2D eigenvalue weighted by molar-refractivity contribution is 0.0551. The van der Waals surface area contributed by atoms with Gasteiger partial charge < -0.3 is 14.7 Å². The molecule has 154 valence electrons. The van der Waals surface area contributed by atoms with E-state index in [9.17, 15) is 9.90 Å². The van der Waals surface area contributed by atoms with E-state index in [2.05, 4.69) is 21.9 Å². The average Bonchev–Trinajstić information content (AvgIpc) is 3.02. The number of para-hydroxylation sites is 1. The molecule has 29 heavy (non-hydrogen) atoms. The first-order valence-electron chi connectivity index (χ1n) is 10.2. The SMILES string of the molecule is CC(C)(C)OC(=O)n1c2ccccc2c2c(N3CCN(CCO)CC3)cccc21. The highest BCUT2D eigenvalue weighted by Crippen LogP contribution is 2.37. The minimum absolute atomic E-state index is 0.193. The number of benzene rings is 2. The van der Waals surface area contributed by atoms with Gasteiger partial charge in [0.05, 0.1) is 17.6 Å². The first-order chi connectivity index (χ1) is 13.9. The number of aliphatic hydroxyl groups is 1. The third-order valence-electron chi connectivity index (χ3n) is 5.38. The van der Waals surface area contributed by atoms with Gasteiger partial charge in [-0.15, -0.1) is 0 Å². The molecule has 1 saturated heterocycles. The highest BCUT2D eigenvalue weighted by atomic mass is 16.6. The van der Waals surface area contributed by atoms with Gasteiger partial charge in [-0.3, -0.25) is 4.90 Å². The van der Waals surface area contributed by atoms with Gasteiger partial charge in [0, 0.05) is 49.2 Å². The zero-order valence-electron chi connectivity index (χ0n) is 17.4. The van der Waals surface area contributed by atoms with Gasteiger partial charge in [-0.25, -0.2) is 9.36 Å². The van der Waals surface area contributed by atoms with E-state index in [0.717, 1.165) is 60.2 Å². The molecular weight excluding hydrogens is 366 g/mol. The largest absolute Gasteiger partial charge is 0.443 e. The fourth-order valence-corrected chi connectivity index (χ4v) is 4.12. The van der Waals surface area contributed by atoms with Crippen molar-refractivity contribution in [1.82, 2.24) is 9.47 Å². The molecule has 2 heterocycles. The molecule has 1 aliphatic rings. The van der Waals surface area contributed by atoms with E-state index in [1.165, 1.54) is 0 Å². The summed E-state index contributed by atoms with van der Waals surface area (Å²) in [5, 5.41) is 11.3. The molecule has 6 heteroatoms. The summed E-state index contributed by atoms with van der Waals surface area (Å²) in [5.74, 6) is 0. The Hall–Kier alpha value is -2.57. The number of nitrogens with zero attached hydrogens (tertiary/aromatic N) is 3. The molecular formula is C23H29N3O3. The fourth-order valence-electron chi connectivity index (χ4n) is 4.12. The lowest BCUT2D eigenvalue weighted by Gasteiger charge is -2.36. The second-order valence-electron chi connectivity index (χ2n) is 8.56. The summed E-state index contributed by atoms with van der Waals surface area (Å²) in [7, 11) is 0. The standard InChI is InChI=1S/C23H29N3O3/c1-23(2,3)29-22(28)26-18-8-5-4-7-17(18)21-19(9-6-10-20(21)26)25-13-11-24(12-14-25)15-16-27/h4-10,27H,11-16H2,1-3H3. The minimum Gasteiger partial charge on any atom is -0.443 e. The molecule has 0 radical (unpaired) electrons. The number of carbonyl (C=O) groups is 1. The number of ether oxygens (including phenoxy) is 1. The number of fused-ring (bicyclic) bond motifs is 3. The second-order valence-corrected chi connectivity index (χ2v) is 8.56. The summed E-state index contributed by atoms with van der Waals surface area (Å²) < 4.78 is 7.40. The van der Waals surface area contributed by atoms with E-state index in [-0.39, 0.29) is 12.7 Å². The topological polar surface area (TPSA) is 57.9 Å². The normalized spacial score (nSPS) is 15.9. The van der Waals surface area contributed by atoms with E-state index >= 15 is 0 Å². The van der Waals surface area contributed by atoms with E-state index < -0.39 is 5.60 Å². The summed E-state index contributed by atoms with van der Waals surface area (Å²) in [6, 6.07) is 14.1. The van der Waals surface area contributed by atoms with Crippen LogP contribution in [0.5, 0.6) is 0 Å². The number of hydrogen-bond donors (Lipinski definition) is 1. The van der Waals surface area contributed by atoms with Gasteiger partial charge in [0.25, 0.3) is 0 Å². The van der Waals surface area contributed by atoms with Gasteiger partial charge in [-0.1, -0.05) is 24.3 Å². The van der Waals surface area contributed by atoms with Crippen molar-refractivity contribution in [3.63, 3.8) is 0 Å². The molecule has 0 saturated carbocycles. The van der Waals surface area contributed by atoms with Crippen molar-refractivity contribution < 1.29 is 14.6 Å². The van der Waals surface area contributed by atoms with Crippen molar-refractivity contribution in [2.75, 3.05) is 44.2 Å². The van der Waals surface area contributed by atoms with Gasteiger partial charge >= 0.3 is 6.09 Å². The van der Waals surface area contributed by atoms with Crippen LogP contribution in [0.3, 0.4) is 0 Å². The van der Waals surface area contributed by atoms with Crippen LogP contribution in [-0.2, 0) is 4.74 Å². The van der Waals surface area contributed by atoms with Crippen LogP contribution in [0.25, 0.3) is 21.8 Å². The Morgan fingerprint density at radius 3 is 2.38 bits per heavy atom. The van der Waals surface area contributed by atoms with Crippen LogP contribution < -0.4 is 4.90 Å². The van der Waals surface area contributed by atoms with E-state index in [4.69, 9.17) is 4.74 Å². The van der Waals surface area contributed by atoms with Gasteiger partial charge in [-0.05, 0) is 39.0 Å². The summed E-state index contributed by atoms with van der Waals surface area (Å²) in [5.41, 5.74) is 2.32. The molecule has 0 unspecified atom stereocenters. The van der Waals surface area contributed by atoms with E-state index in [0.29, 0.717) is 0 Å². The minimum atomic E-state index is -0.560.